The molecule has 128 valence electrons. The average molecular weight is 345 g/mol. The molecule has 1 aliphatic heterocycles. The highest BCUT2D eigenvalue weighted by molar-refractivity contribution is 7.09. The lowest BCUT2D eigenvalue weighted by atomic mass is 10.2. The third kappa shape index (κ3) is 3.91. The molecular formula is C17H23N5OS. The summed E-state index contributed by atoms with van der Waals surface area (Å²) < 4.78 is 0. The first-order valence-corrected chi connectivity index (χ1v) is 8.97. The van der Waals surface area contributed by atoms with Gasteiger partial charge in [0.1, 0.15) is 5.82 Å². The van der Waals surface area contributed by atoms with Crippen LogP contribution in [0.3, 0.4) is 0 Å². The molecule has 3 heterocycles. The van der Waals surface area contributed by atoms with Crippen LogP contribution >= 0.6 is 11.3 Å². The molecule has 0 saturated carbocycles. The van der Waals surface area contributed by atoms with E-state index in [0.29, 0.717) is 5.56 Å². The molecule has 0 aromatic carbocycles. The van der Waals surface area contributed by atoms with Crippen LogP contribution < -0.4 is 4.90 Å². The Kier molecular flexibility index (Phi) is 5.11. The van der Waals surface area contributed by atoms with Crippen LogP contribution in [0.5, 0.6) is 0 Å². The molecule has 0 spiro atoms. The van der Waals surface area contributed by atoms with Gasteiger partial charge < -0.3 is 9.80 Å². The van der Waals surface area contributed by atoms with Gasteiger partial charge in [-0.1, -0.05) is 0 Å². The van der Waals surface area contributed by atoms with E-state index in [1.165, 1.54) is 0 Å². The predicted molar refractivity (Wildman–Crippen MR) is 96.6 cm³/mol. The highest BCUT2D eigenvalue weighted by atomic mass is 32.1. The number of pyridine rings is 1. The van der Waals surface area contributed by atoms with Crippen molar-refractivity contribution >= 4 is 23.1 Å². The number of amides is 1. The highest BCUT2D eigenvalue weighted by Crippen LogP contribution is 2.15. The lowest BCUT2D eigenvalue weighted by Crippen LogP contribution is -2.48. The van der Waals surface area contributed by atoms with E-state index in [-0.39, 0.29) is 5.91 Å². The Hall–Kier alpha value is -1.99. The molecule has 0 bridgehead atoms. The Morgan fingerprint density at radius 2 is 2.04 bits per heavy atom. The number of anilines is 1. The Labute approximate surface area is 146 Å². The van der Waals surface area contributed by atoms with Gasteiger partial charge in [0, 0.05) is 64.0 Å². The van der Waals surface area contributed by atoms with Crippen molar-refractivity contribution in [2.45, 2.75) is 13.5 Å². The van der Waals surface area contributed by atoms with Crippen molar-refractivity contribution in [2.24, 2.45) is 0 Å². The van der Waals surface area contributed by atoms with E-state index >= 15 is 0 Å². The number of carbonyl (C=O) groups excluding carboxylic acids is 1. The number of carbonyl (C=O) groups is 1. The van der Waals surface area contributed by atoms with Crippen molar-refractivity contribution in [2.75, 3.05) is 45.2 Å². The van der Waals surface area contributed by atoms with E-state index in [4.69, 9.17) is 0 Å². The van der Waals surface area contributed by atoms with Crippen LogP contribution in [0.25, 0.3) is 0 Å². The van der Waals surface area contributed by atoms with Gasteiger partial charge >= 0.3 is 0 Å². The molecule has 0 unspecified atom stereocenters. The molecule has 7 heteroatoms. The maximum absolute atomic E-state index is 12.7. The van der Waals surface area contributed by atoms with Crippen LogP contribution in [0.4, 0.5) is 5.82 Å². The highest BCUT2D eigenvalue weighted by Gasteiger charge is 2.23. The van der Waals surface area contributed by atoms with Crippen LogP contribution in [0, 0.1) is 6.92 Å². The number of aryl methyl sites for hydroxylation is 1. The Morgan fingerprint density at radius 1 is 1.29 bits per heavy atom. The molecule has 0 aliphatic carbocycles. The van der Waals surface area contributed by atoms with Gasteiger partial charge in [0.15, 0.2) is 0 Å². The second kappa shape index (κ2) is 7.27. The zero-order valence-electron chi connectivity index (χ0n) is 14.4. The second-order valence-electron chi connectivity index (χ2n) is 6.22. The van der Waals surface area contributed by atoms with Crippen molar-refractivity contribution in [3.8, 4) is 0 Å². The first kappa shape index (κ1) is 16.9. The monoisotopic (exact) mass is 345 g/mol. The molecule has 1 amide bonds. The zero-order chi connectivity index (χ0) is 17.1. The van der Waals surface area contributed by atoms with Crippen molar-refractivity contribution in [3.63, 3.8) is 0 Å². The minimum atomic E-state index is 0.0876. The van der Waals surface area contributed by atoms with Crippen LogP contribution in [-0.2, 0) is 6.54 Å². The number of piperazine rings is 1. The summed E-state index contributed by atoms with van der Waals surface area (Å²) in [7, 11) is 3.85. The molecule has 24 heavy (non-hydrogen) atoms. The summed E-state index contributed by atoms with van der Waals surface area (Å²) in [6, 6.07) is 3.65. The molecule has 3 rings (SSSR count). The van der Waals surface area contributed by atoms with E-state index < -0.39 is 0 Å². The predicted octanol–water partition coefficient (Wildman–Crippen LogP) is 1.87. The Bertz CT molecular complexity index is 707. The third-order valence-corrected chi connectivity index (χ3v) is 4.98. The number of thiazole rings is 1. The van der Waals surface area contributed by atoms with Crippen LogP contribution in [0.1, 0.15) is 21.1 Å². The molecule has 2 aromatic heterocycles. The SMILES string of the molecule is Cc1nc(CN2CCN(C(=O)c3ccnc(N(C)C)c3)CC2)cs1. The summed E-state index contributed by atoms with van der Waals surface area (Å²) in [5, 5.41) is 3.22. The van der Waals surface area contributed by atoms with Gasteiger partial charge in [-0.25, -0.2) is 9.97 Å². The van der Waals surface area contributed by atoms with Gasteiger partial charge in [-0.2, -0.15) is 0 Å². The van der Waals surface area contributed by atoms with Gasteiger partial charge in [0.25, 0.3) is 5.91 Å². The Morgan fingerprint density at radius 3 is 2.67 bits per heavy atom. The Balaban J connectivity index is 1.58. The molecule has 1 fully saturated rings. The number of hydrogen-bond donors (Lipinski definition) is 0. The largest absolute Gasteiger partial charge is 0.363 e. The fourth-order valence-corrected chi connectivity index (χ4v) is 3.40. The summed E-state index contributed by atoms with van der Waals surface area (Å²) in [6.07, 6.45) is 1.70. The molecule has 1 saturated heterocycles. The molecular weight excluding hydrogens is 322 g/mol. The lowest BCUT2D eigenvalue weighted by molar-refractivity contribution is 0.0627. The number of aromatic nitrogens is 2. The fraction of sp³-hybridized carbons (Fsp3) is 0.471. The fourth-order valence-electron chi connectivity index (χ4n) is 2.80. The molecule has 1 aliphatic rings. The molecule has 0 atom stereocenters. The van der Waals surface area contributed by atoms with Gasteiger partial charge in [-0.05, 0) is 19.1 Å². The molecule has 0 radical (unpaired) electrons. The first-order chi connectivity index (χ1) is 11.5. The minimum Gasteiger partial charge on any atom is -0.363 e. The van der Waals surface area contributed by atoms with Crippen molar-refractivity contribution in [3.05, 3.63) is 40.0 Å². The van der Waals surface area contributed by atoms with Crippen molar-refractivity contribution < 1.29 is 4.79 Å². The van der Waals surface area contributed by atoms with E-state index in [2.05, 4.69) is 20.2 Å². The van der Waals surface area contributed by atoms with E-state index in [1.54, 1.807) is 23.6 Å². The van der Waals surface area contributed by atoms with Crippen LogP contribution in [-0.4, -0.2) is 65.9 Å². The summed E-state index contributed by atoms with van der Waals surface area (Å²) in [5.41, 5.74) is 1.83. The number of rotatable bonds is 4. The second-order valence-corrected chi connectivity index (χ2v) is 7.29. The zero-order valence-corrected chi connectivity index (χ0v) is 15.2. The van der Waals surface area contributed by atoms with E-state index in [9.17, 15) is 4.79 Å². The van der Waals surface area contributed by atoms with Crippen molar-refractivity contribution in [1.82, 2.24) is 19.8 Å². The maximum atomic E-state index is 12.7. The minimum absolute atomic E-state index is 0.0876. The third-order valence-electron chi connectivity index (χ3n) is 4.16. The smallest absolute Gasteiger partial charge is 0.254 e. The summed E-state index contributed by atoms with van der Waals surface area (Å²) in [6.45, 7) is 6.17. The summed E-state index contributed by atoms with van der Waals surface area (Å²) in [5.74, 6) is 0.892. The number of hydrogen-bond acceptors (Lipinski definition) is 6. The molecule has 2 aromatic rings. The van der Waals surface area contributed by atoms with E-state index in [0.717, 1.165) is 49.2 Å². The van der Waals surface area contributed by atoms with Gasteiger partial charge in [0.2, 0.25) is 0 Å². The lowest BCUT2D eigenvalue weighted by Gasteiger charge is -2.34. The maximum Gasteiger partial charge on any atom is 0.254 e. The first-order valence-electron chi connectivity index (χ1n) is 8.09. The van der Waals surface area contributed by atoms with Crippen molar-refractivity contribution in [1.29, 1.82) is 0 Å². The van der Waals surface area contributed by atoms with Crippen LogP contribution in [0.2, 0.25) is 0 Å². The molecule has 6 nitrogen and oxygen atoms in total. The quantitative estimate of drug-likeness (QED) is 0.847. The summed E-state index contributed by atoms with van der Waals surface area (Å²) in [4.78, 5) is 27.7. The normalized spacial score (nSPS) is 15.5. The topological polar surface area (TPSA) is 52.6 Å². The standard InChI is InChI=1S/C17H23N5OS/c1-13-19-15(12-24-13)11-21-6-8-22(9-7-21)17(23)14-4-5-18-16(10-14)20(2)3/h4-5,10,12H,6-9,11H2,1-3H3. The van der Waals surface area contributed by atoms with Gasteiger partial charge in [0.05, 0.1) is 10.7 Å². The average Bonchev–Trinajstić information content (AvgIpc) is 3.00. The molecule has 0 N–H and O–H groups in total. The number of nitrogens with zero attached hydrogens (tertiary/aromatic N) is 5. The van der Waals surface area contributed by atoms with E-state index in [1.807, 2.05) is 36.9 Å². The van der Waals surface area contributed by atoms with Crippen LogP contribution in [0.15, 0.2) is 23.7 Å². The van der Waals surface area contributed by atoms with Gasteiger partial charge in [-0.15, -0.1) is 11.3 Å². The van der Waals surface area contributed by atoms with Gasteiger partial charge in [-0.3, -0.25) is 9.69 Å². The summed E-state index contributed by atoms with van der Waals surface area (Å²) >= 11 is 1.69.